The molecule has 1 saturated heterocycles. The van der Waals surface area contributed by atoms with Crippen molar-refractivity contribution in [3.05, 3.63) is 60.2 Å². The van der Waals surface area contributed by atoms with E-state index in [1.54, 1.807) is 18.2 Å². The zero-order valence-electron chi connectivity index (χ0n) is 22.0. The molecular weight excluding hydrogens is 479 g/mol. The number of anilines is 1. The molecule has 1 unspecified atom stereocenters. The number of rotatable bonds is 6. The van der Waals surface area contributed by atoms with E-state index in [0.717, 1.165) is 42.5 Å². The van der Waals surface area contributed by atoms with Crippen LogP contribution in [0.15, 0.2) is 48.5 Å². The molecule has 2 aliphatic carbocycles. The van der Waals surface area contributed by atoms with Crippen LogP contribution in [0.25, 0.3) is 11.0 Å². The number of amides is 2. The molecule has 2 amide bonds. The number of hydrogen-bond acceptors (Lipinski definition) is 3. The first-order valence-corrected chi connectivity index (χ1v) is 14.4. The average molecular weight is 517 g/mol. The van der Waals surface area contributed by atoms with Crippen LogP contribution in [0, 0.1) is 5.82 Å². The summed E-state index contributed by atoms with van der Waals surface area (Å²) in [6.07, 6.45) is 11.9. The van der Waals surface area contributed by atoms with Crippen LogP contribution in [0.5, 0.6) is 0 Å². The SMILES string of the molecule is O=C1CC(c2nc3ccccc3n2CC(=O)N(C2CCCCC2)C2CCCCC2)CN1c1ccccc1F. The Labute approximate surface area is 223 Å². The van der Waals surface area contributed by atoms with E-state index in [-0.39, 0.29) is 30.7 Å². The normalized spacial score (nSPS) is 21.3. The monoisotopic (exact) mass is 516 g/mol. The molecule has 2 heterocycles. The number of benzene rings is 2. The van der Waals surface area contributed by atoms with Crippen molar-refractivity contribution in [2.75, 3.05) is 11.4 Å². The van der Waals surface area contributed by atoms with E-state index < -0.39 is 5.82 Å². The van der Waals surface area contributed by atoms with Crippen LogP contribution in [0.3, 0.4) is 0 Å². The summed E-state index contributed by atoms with van der Waals surface area (Å²) in [5.74, 6) is 0.194. The van der Waals surface area contributed by atoms with Crippen molar-refractivity contribution < 1.29 is 14.0 Å². The van der Waals surface area contributed by atoms with E-state index in [4.69, 9.17) is 4.98 Å². The number of para-hydroxylation sites is 3. The summed E-state index contributed by atoms with van der Waals surface area (Å²) < 4.78 is 16.6. The first kappa shape index (κ1) is 25.1. The largest absolute Gasteiger partial charge is 0.335 e. The van der Waals surface area contributed by atoms with Gasteiger partial charge in [-0.05, 0) is 49.9 Å². The number of aromatic nitrogens is 2. The quantitative estimate of drug-likeness (QED) is 0.393. The van der Waals surface area contributed by atoms with Crippen LogP contribution in [-0.2, 0) is 16.1 Å². The highest BCUT2D eigenvalue weighted by molar-refractivity contribution is 5.96. The lowest BCUT2D eigenvalue weighted by molar-refractivity contribution is -0.138. The average Bonchev–Trinajstić information content (AvgIpc) is 3.51. The Kier molecular flexibility index (Phi) is 7.18. The molecule has 2 saturated carbocycles. The van der Waals surface area contributed by atoms with Gasteiger partial charge in [0.15, 0.2) is 0 Å². The Morgan fingerprint density at radius 2 is 1.53 bits per heavy atom. The minimum atomic E-state index is -0.402. The van der Waals surface area contributed by atoms with E-state index in [9.17, 15) is 14.0 Å². The Bertz CT molecular complexity index is 1290. The first-order valence-electron chi connectivity index (χ1n) is 14.4. The van der Waals surface area contributed by atoms with Crippen molar-refractivity contribution in [3.8, 4) is 0 Å². The van der Waals surface area contributed by atoms with Gasteiger partial charge in [-0.15, -0.1) is 0 Å². The van der Waals surface area contributed by atoms with Gasteiger partial charge < -0.3 is 14.4 Å². The molecule has 6 nitrogen and oxygen atoms in total. The number of carbonyl (C=O) groups is 2. The topological polar surface area (TPSA) is 58.4 Å². The summed E-state index contributed by atoms with van der Waals surface area (Å²) in [5.41, 5.74) is 2.05. The number of halogens is 1. The number of hydrogen-bond donors (Lipinski definition) is 0. The van der Waals surface area contributed by atoms with E-state index in [2.05, 4.69) is 4.90 Å². The van der Waals surface area contributed by atoms with E-state index in [1.165, 1.54) is 49.5 Å². The first-order chi connectivity index (χ1) is 18.6. The van der Waals surface area contributed by atoms with Gasteiger partial charge in [0.2, 0.25) is 11.8 Å². The molecule has 1 aliphatic heterocycles. The highest BCUT2D eigenvalue weighted by Gasteiger charge is 2.37. The second-order valence-electron chi connectivity index (χ2n) is 11.3. The molecule has 0 bridgehead atoms. The van der Waals surface area contributed by atoms with Gasteiger partial charge >= 0.3 is 0 Å². The molecule has 3 aromatic rings. The summed E-state index contributed by atoms with van der Waals surface area (Å²) in [6.45, 7) is 0.583. The Morgan fingerprint density at radius 1 is 0.895 bits per heavy atom. The maximum absolute atomic E-state index is 14.5. The van der Waals surface area contributed by atoms with Crippen molar-refractivity contribution in [1.29, 1.82) is 0 Å². The number of imidazole rings is 1. The molecule has 38 heavy (non-hydrogen) atoms. The minimum absolute atomic E-state index is 0.115. The molecule has 0 spiro atoms. The van der Waals surface area contributed by atoms with Gasteiger partial charge in [-0.2, -0.15) is 0 Å². The van der Waals surface area contributed by atoms with Gasteiger partial charge in [0.25, 0.3) is 0 Å². The molecular formula is C31H37FN4O2. The second-order valence-corrected chi connectivity index (χ2v) is 11.3. The van der Waals surface area contributed by atoms with Gasteiger partial charge in [0, 0.05) is 31.0 Å². The maximum Gasteiger partial charge on any atom is 0.243 e. The fraction of sp³-hybridized carbons (Fsp3) is 0.516. The molecule has 200 valence electrons. The third-order valence-electron chi connectivity index (χ3n) is 8.84. The van der Waals surface area contributed by atoms with Gasteiger partial charge in [-0.3, -0.25) is 9.59 Å². The Hall–Kier alpha value is -3.22. The van der Waals surface area contributed by atoms with Crippen molar-refractivity contribution in [2.45, 2.75) is 95.2 Å². The van der Waals surface area contributed by atoms with Crippen molar-refractivity contribution in [2.24, 2.45) is 0 Å². The summed E-state index contributed by atoms with van der Waals surface area (Å²) in [7, 11) is 0. The van der Waals surface area contributed by atoms with Crippen molar-refractivity contribution in [1.82, 2.24) is 14.5 Å². The number of nitrogens with zero attached hydrogens (tertiary/aromatic N) is 4. The zero-order valence-corrected chi connectivity index (χ0v) is 22.0. The molecule has 1 aromatic heterocycles. The smallest absolute Gasteiger partial charge is 0.243 e. The second kappa shape index (κ2) is 10.9. The molecule has 3 aliphatic rings. The van der Waals surface area contributed by atoms with Gasteiger partial charge in [0.1, 0.15) is 18.2 Å². The van der Waals surface area contributed by atoms with E-state index >= 15 is 0 Å². The molecule has 0 radical (unpaired) electrons. The molecule has 0 N–H and O–H groups in total. The van der Waals surface area contributed by atoms with E-state index in [0.29, 0.717) is 24.3 Å². The standard InChI is InChI=1S/C31H37FN4O2/c32-25-15-7-9-17-27(25)34-20-22(19-29(34)37)31-33-26-16-8-10-18-28(26)35(31)21-30(38)36(23-11-3-1-4-12-23)24-13-5-2-6-14-24/h7-10,15-18,22-24H,1-6,11-14,19-21H2. The summed E-state index contributed by atoms with van der Waals surface area (Å²) >= 11 is 0. The summed E-state index contributed by atoms with van der Waals surface area (Å²) in [6, 6.07) is 15.0. The lowest BCUT2D eigenvalue weighted by Gasteiger charge is -2.42. The molecule has 3 fully saturated rings. The maximum atomic E-state index is 14.5. The highest BCUT2D eigenvalue weighted by Crippen LogP contribution is 2.35. The predicted molar refractivity (Wildman–Crippen MR) is 146 cm³/mol. The third kappa shape index (κ3) is 4.83. The van der Waals surface area contributed by atoms with E-state index in [1.807, 2.05) is 28.8 Å². The van der Waals surface area contributed by atoms with Crippen LogP contribution in [0.2, 0.25) is 0 Å². The van der Waals surface area contributed by atoms with Crippen molar-refractivity contribution in [3.63, 3.8) is 0 Å². The fourth-order valence-corrected chi connectivity index (χ4v) is 7.00. The third-order valence-corrected chi connectivity index (χ3v) is 8.84. The lowest BCUT2D eigenvalue weighted by Crippen LogP contribution is -2.50. The van der Waals surface area contributed by atoms with Crippen molar-refractivity contribution >= 4 is 28.5 Å². The van der Waals surface area contributed by atoms with Crippen LogP contribution in [-0.4, -0.2) is 44.9 Å². The molecule has 7 heteroatoms. The molecule has 6 rings (SSSR count). The molecule has 2 aromatic carbocycles. The van der Waals surface area contributed by atoms with Crippen LogP contribution in [0.1, 0.15) is 82.4 Å². The Morgan fingerprint density at radius 3 is 2.21 bits per heavy atom. The van der Waals surface area contributed by atoms with Crippen LogP contribution >= 0.6 is 0 Å². The van der Waals surface area contributed by atoms with Gasteiger partial charge in [-0.25, -0.2) is 9.37 Å². The highest BCUT2D eigenvalue weighted by atomic mass is 19.1. The summed E-state index contributed by atoms with van der Waals surface area (Å²) in [4.78, 5) is 35.9. The van der Waals surface area contributed by atoms with Gasteiger partial charge in [0.05, 0.1) is 16.7 Å². The minimum Gasteiger partial charge on any atom is -0.335 e. The van der Waals surface area contributed by atoms with Crippen LogP contribution < -0.4 is 4.90 Å². The predicted octanol–water partition coefficient (Wildman–Crippen LogP) is 6.19. The fourth-order valence-electron chi connectivity index (χ4n) is 7.00. The number of carbonyl (C=O) groups excluding carboxylic acids is 2. The zero-order chi connectivity index (χ0) is 26.1. The Balaban J connectivity index is 1.32. The summed E-state index contributed by atoms with van der Waals surface area (Å²) in [5, 5.41) is 0. The number of fused-ring (bicyclic) bond motifs is 1. The van der Waals surface area contributed by atoms with Crippen LogP contribution in [0.4, 0.5) is 10.1 Å². The lowest BCUT2D eigenvalue weighted by atomic mass is 9.88. The molecule has 1 atom stereocenters. The van der Waals surface area contributed by atoms with Gasteiger partial charge in [-0.1, -0.05) is 62.8 Å².